The molecule has 4 aromatic rings. The molecule has 9 heteroatoms. The van der Waals surface area contributed by atoms with E-state index in [1.54, 1.807) is 6.92 Å². The summed E-state index contributed by atoms with van der Waals surface area (Å²) in [5.74, 6) is 2.17. The minimum atomic E-state index is -0.235. The van der Waals surface area contributed by atoms with E-state index in [9.17, 15) is 4.79 Å². The first kappa shape index (κ1) is 23.9. The Bertz CT molecular complexity index is 1330. The third kappa shape index (κ3) is 5.52. The number of pyridine rings is 1. The lowest BCUT2D eigenvalue weighted by atomic mass is 9.88. The number of hydrogen-bond acceptors (Lipinski definition) is 8. The Morgan fingerprint density at radius 1 is 1.00 bits per heavy atom. The molecule has 0 spiro atoms. The smallest absolute Gasteiger partial charge is 0.226 e. The normalized spacial score (nSPS) is 18.3. The van der Waals surface area contributed by atoms with Crippen molar-refractivity contribution in [3.8, 4) is 11.5 Å². The van der Waals surface area contributed by atoms with Crippen molar-refractivity contribution in [1.82, 2.24) is 30.4 Å². The van der Waals surface area contributed by atoms with E-state index in [0.29, 0.717) is 50.3 Å². The highest BCUT2D eigenvalue weighted by atomic mass is 16.4. The maximum atomic E-state index is 13.2. The van der Waals surface area contributed by atoms with E-state index in [2.05, 4.69) is 25.4 Å². The van der Waals surface area contributed by atoms with Crippen LogP contribution in [0.3, 0.4) is 0 Å². The van der Waals surface area contributed by atoms with Gasteiger partial charge in [0, 0.05) is 37.8 Å². The molecule has 9 nitrogen and oxygen atoms in total. The lowest BCUT2D eigenvalue weighted by molar-refractivity contribution is -0.127. The summed E-state index contributed by atoms with van der Waals surface area (Å²) in [5.41, 5.74) is 3.56. The SMILES string of the molecule is Cc1cccc(CNC(=O)[C@@H]2C[C@@H](c3nnc(C)o3)CN(Cc3nc(-c4ccccc4)oc3C)C2)n1. The molecule has 4 heterocycles. The average molecular weight is 487 g/mol. The van der Waals surface area contributed by atoms with Crippen molar-refractivity contribution in [2.75, 3.05) is 13.1 Å². The van der Waals surface area contributed by atoms with Gasteiger partial charge in [-0.05, 0) is 44.5 Å². The van der Waals surface area contributed by atoms with Crippen molar-refractivity contribution in [1.29, 1.82) is 0 Å². The van der Waals surface area contributed by atoms with Crippen LogP contribution in [0.15, 0.2) is 57.4 Å². The zero-order valence-electron chi connectivity index (χ0n) is 20.8. The molecule has 0 aliphatic carbocycles. The summed E-state index contributed by atoms with van der Waals surface area (Å²) in [5, 5.41) is 11.3. The number of amides is 1. The highest BCUT2D eigenvalue weighted by molar-refractivity contribution is 5.79. The number of rotatable bonds is 7. The first-order valence-corrected chi connectivity index (χ1v) is 12.2. The second-order valence-corrected chi connectivity index (χ2v) is 9.36. The third-order valence-electron chi connectivity index (χ3n) is 6.46. The summed E-state index contributed by atoms with van der Waals surface area (Å²) >= 11 is 0. The number of aryl methyl sites for hydroxylation is 3. The van der Waals surface area contributed by atoms with Crippen LogP contribution in [-0.4, -0.2) is 44.1 Å². The van der Waals surface area contributed by atoms with Crippen molar-refractivity contribution in [2.24, 2.45) is 5.92 Å². The first-order valence-electron chi connectivity index (χ1n) is 12.2. The molecule has 5 rings (SSSR count). The van der Waals surface area contributed by atoms with Gasteiger partial charge in [-0.25, -0.2) is 4.98 Å². The van der Waals surface area contributed by atoms with Crippen LogP contribution in [0, 0.1) is 26.7 Å². The maximum absolute atomic E-state index is 13.2. The Kier molecular flexibility index (Phi) is 6.90. The molecular weight excluding hydrogens is 456 g/mol. The van der Waals surface area contributed by atoms with Gasteiger partial charge in [0.05, 0.1) is 29.8 Å². The number of hydrogen-bond donors (Lipinski definition) is 1. The quantitative estimate of drug-likeness (QED) is 0.418. The van der Waals surface area contributed by atoms with Crippen LogP contribution >= 0.6 is 0 Å². The molecule has 0 radical (unpaired) electrons. The molecule has 36 heavy (non-hydrogen) atoms. The number of piperidine rings is 1. The van der Waals surface area contributed by atoms with Gasteiger partial charge in [-0.2, -0.15) is 0 Å². The summed E-state index contributed by atoms with van der Waals surface area (Å²) in [7, 11) is 0. The van der Waals surface area contributed by atoms with Gasteiger partial charge in [-0.15, -0.1) is 10.2 Å². The molecule has 1 aliphatic heterocycles. The van der Waals surface area contributed by atoms with Crippen molar-refractivity contribution in [3.05, 3.63) is 83.2 Å². The van der Waals surface area contributed by atoms with E-state index >= 15 is 0 Å². The topological polar surface area (TPSA) is 110 Å². The molecule has 1 amide bonds. The summed E-state index contributed by atoms with van der Waals surface area (Å²) in [4.78, 5) is 24.7. The zero-order valence-corrected chi connectivity index (χ0v) is 20.8. The third-order valence-corrected chi connectivity index (χ3v) is 6.46. The standard InChI is InChI=1S/C27H30N6O3/c1-17-8-7-11-23(29-17)13-28-25(34)21-12-22(27-32-31-19(3)36-27)15-33(14-21)16-24-18(2)35-26(30-24)20-9-5-4-6-10-20/h4-11,21-22H,12-16H2,1-3H3,(H,28,34)/t21-,22-/m1/s1. The number of nitrogens with zero attached hydrogens (tertiary/aromatic N) is 5. The average Bonchev–Trinajstić information content (AvgIpc) is 3.48. The fourth-order valence-electron chi connectivity index (χ4n) is 4.68. The largest absolute Gasteiger partial charge is 0.441 e. The van der Waals surface area contributed by atoms with Gasteiger partial charge in [-0.3, -0.25) is 14.7 Å². The second kappa shape index (κ2) is 10.4. The van der Waals surface area contributed by atoms with E-state index in [4.69, 9.17) is 13.8 Å². The van der Waals surface area contributed by atoms with Gasteiger partial charge in [0.2, 0.25) is 23.6 Å². The molecule has 1 aromatic carbocycles. The van der Waals surface area contributed by atoms with Gasteiger partial charge in [0.25, 0.3) is 0 Å². The maximum Gasteiger partial charge on any atom is 0.226 e. The Hall–Kier alpha value is -3.85. The zero-order chi connectivity index (χ0) is 25.1. The predicted molar refractivity (Wildman–Crippen MR) is 133 cm³/mol. The Balaban J connectivity index is 1.32. The number of likely N-dealkylation sites (tertiary alicyclic amines) is 1. The van der Waals surface area contributed by atoms with E-state index in [-0.39, 0.29) is 17.7 Å². The van der Waals surface area contributed by atoms with Crippen LogP contribution in [0.25, 0.3) is 11.5 Å². The molecule has 0 unspecified atom stereocenters. The van der Waals surface area contributed by atoms with Crippen LogP contribution in [0.1, 0.15) is 47.0 Å². The summed E-state index contributed by atoms with van der Waals surface area (Å²) in [6.45, 7) is 7.90. The van der Waals surface area contributed by atoms with Crippen LogP contribution < -0.4 is 5.32 Å². The number of carbonyl (C=O) groups is 1. The highest BCUT2D eigenvalue weighted by Gasteiger charge is 2.35. The molecule has 3 aromatic heterocycles. The van der Waals surface area contributed by atoms with Crippen molar-refractivity contribution < 1.29 is 13.6 Å². The first-order chi connectivity index (χ1) is 17.4. The number of benzene rings is 1. The number of nitrogens with one attached hydrogen (secondary N) is 1. The van der Waals surface area contributed by atoms with Crippen LogP contribution in [0.4, 0.5) is 0 Å². The van der Waals surface area contributed by atoms with Gasteiger partial charge in [0.1, 0.15) is 5.76 Å². The van der Waals surface area contributed by atoms with Gasteiger partial charge in [-0.1, -0.05) is 24.3 Å². The van der Waals surface area contributed by atoms with Crippen molar-refractivity contribution >= 4 is 5.91 Å². The lowest BCUT2D eigenvalue weighted by Gasteiger charge is -2.35. The van der Waals surface area contributed by atoms with E-state index < -0.39 is 0 Å². The number of aromatic nitrogens is 4. The van der Waals surface area contributed by atoms with Crippen LogP contribution in [0.2, 0.25) is 0 Å². The lowest BCUT2D eigenvalue weighted by Crippen LogP contribution is -2.45. The molecule has 186 valence electrons. The van der Waals surface area contributed by atoms with Gasteiger partial charge >= 0.3 is 0 Å². The molecule has 0 bridgehead atoms. The van der Waals surface area contributed by atoms with Crippen LogP contribution in [0.5, 0.6) is 0 Å². The summed E-state index contributed by atoms with van der Waals surface area (Å²) in [6, 6.07) is 15.7. The van der Waals surface area contributed by atoms with Crippen molar-refractivity contribution in [3.63, 3.8) is 0 Å². The molecule has 0 saturated carbocycles. The number of carbonyl (C=O) groups excluding carboxylic acids is 1. The summed E-state index contributed by atoms with van der Waals surface area (Å²) < 4.78 is 11.7. The molecule has 1 N–H and O–H groups in total. The molecular formula is C27H30N6O3. The Labute approximate surface area is 210 Å². The molecule has 1 saturated heterocycles. The van der Waals surface area contributed by atoms with Crippen molar-refractivity contribution in [2.45, 2.75) is 46.2 Å². The predicted octanol–water partition coefficient (Wildman–Crippen LogP) is 3.97. The highest BCUT2D eigenvalue weighted by Crippen LogP contribution is 2.31. The second-order valence-electron chi connectivity index (χ2n) is 9.36. The van der Waals surface area contributed by atoms with Gasteiger partial charge < -0.3 is 14.2 Å². The van der Waals surface area contributed by atoms with Crippen LogP contribution in [-0.2, 0) is 17.9 Å². The molecule has 1 aliphatic rings. The van der Waals surface area contributed by atoms with Gasteiger partial charge in [0.15, 0.2) is 0 Å². The monoisotopic (exact) mass is 486 g/mol. The number of oxazole rings is 1. The molecule has 2 atom stereocenters. The van der Waals surface area contributed by atoms with E-state index in [0.717, 1.165) is 28.4 Å². The van der Waals surface area contributed by atoms with E-state index in [1.165, 1.54) is 0 Å². The molecule has 1 fully saturated rings. The Morgan fingerprint density at radius 2 is 1.83 bits per heavy atom. The fraction of sp³-hybridized carbons (Fsp3) is 0.370. The Morgan fingerprint density at radius 3 is 2.58 bits per heavy atom. The minimum absolute atomic E-state index is 0.00825. The van der Waals surface area contributed by atoms with E-state index in [1.807, 2.05) is 62.4 Å². The minimum Gasteiger partial charge on any atom is -0.441 e. The summed E-state index contributed by atoms with van der Waals surface area (Å²) in [6.07, 6.45) is 0.637. The fourth-order valence-corrected chi connectivity index (χ4v) is 4.68.